The van der Waals surface area contributed by atoms with Gasteiger partial charge in [-0.2, -0.15) is 0 Å². The van der Waals surface area contributed by atoms with Gasteiger partial charge in [-0.25, -0.2) is 0 Å². The molecule has 2 fully saturated rings. The van der Waals surface area contributed by atoms with Crippen LogP contribution in [0.5, 0.6) is 0 Å². The molecule has 1 N–H and O–H groups in total. The molecule has 0 spiro atoms. The van der Waals surface area contributed by atoms with Crippen molar-refractivity contribution in [2.24, 2.45) is 5.92 Å². The molecule has 20 heavy (non-hydrogen) atoms. The first-order valence-electron chi connectivity index (χ1n) is 6.99. The van der Waals surface area contributed by atoms with Crippen molar-refractivity contribution in [3.05, 3.63) is 29.3 Å². The molecule has 0 aromatic heterocycles. The van der Waals surface area contributed by atoms with E-state index in [0.717, 1.165) is 12.8 Å². The molecule has 1 aromatic rings. The van der Waals surface area contributed by atoms with Crippen molar-refractivity contribution in [2.45, 2.75) is 31.7 Å². The Morgan fingerprint density at radius 1 is 1.35 bits per heavy atom. The Morgan fingerprint density at radius 2 is 2.15 bits per heavy atom. The predicted molar refractivity (Wildman–Crippen MR) is 77.5 cm³/mol. The van der Waals surface area contributed by atoms with E-state index in [2.05, 4.69) is 5.32 Å². The Balaban J connectivity index is 1.62. The summed E-state index contributed by atoms with van der Waals surface area (Å²) in [5.41, 5.74) is 0.678. The van der Waals surface area contributed by atoms with Gasteiger partial charge in [-0.3, -0.25) is 9.59 Å². The summed E-state index contributed by atoms with van der Waals surface area (Å²) in [6, 6.07) is 7.42. The Hall–Kier alpha value is -1.55. The normalized spacial score (nSPS) is 22.8. The Kier molecular flexibility index (Phi) is 3.66. The molecule has 1 aromatic carbocycles. The summed E-state index contributed by atoms with van der Waals surface area (Å²) >= 11 is 5.89. The van der Waals surface area contributed by atoms with Crippen molar-refractivity contribution in [2.75, 3.05) is 11.9 Å². The molecule has 0 bridgehead atoms. The number of nitrogens with zero attached hydrogens (tertiary/aromatic N) is 1. The predicted octanol–water partition coefficient (Wildman–Crippen LogP) is 2.68. The third-order valence-corrected chi connectivity index (χ3v) is 4.37. The highest BCUT2D eigenvalue weighted by molar-refractivity contribution is 6.30. The quantitative estimate of drug-likeness (QED) is 0.931. The third kappa shape index (κ3) is 2.66. The zero-order valence-corrected chi connectivity index (χ0v) is 11.9. The van der Waals surface area contributed by atoms with Crippen molar-refractivity contribution in [3.8, 4) is 0 Å². The minimum atomic E-state index is -0.248. The molecular formula is C15H17ClN2O2. The van der Waals surface area contributed by atoms with Crippen LogP contribution in [-0.4, -0.2) is 29.3 Å². The Labute approximate surface area is 123 Å². The minimum Gasteiger partial charge on any atom is -0.339 e. The van der Waals surface area contributed by atoms with Crippen LogP contribution >= 0.6 is 11.6 Å². The van der Waals surface area contributed by atoms with E-state index in [1.165, 1.54) is 6.42 Å². The van der Waals surface area contributed by atoms with Gasteiger partial charge in [0.2, 0.25) is 11.8 Å². The van der Waals surface area contributed by atoms with Gasteiger partial charge in [-0.1, -0.05) is 17.7 Å². The molecule has 1 aliphatic heterocycles. The lowest BCUT2D eigenvalue weighted by atomic mass is 9.92. The fraction of sp³-hybridized carbons (Fsp3) is 0.467. The number of hydrogen-bond acceptors (Lipinski definition) is 2. The Morgan fingerprint density at radius 3 is 2.80 bits per heavy atom. The van der Waals surface area contributed by atoms with Crippen LogP contribution in [0.4, 0.5) is 5.69 Å². The summed E-state index contributed by atoms with van der Waals surface area (Å²) in [6.07, 6.45) is 3.67. The zero-order valence-electron chi connectivity index (χ0n) is 11.1. The molecule has 1 saturated heterocycles. The number of carbonyl (C=O) groups is 2. The van der Waals surface area contributed by atoms with Gasteiger partial charge in [0, 0.05) is 29.7 Å². The maximum Gasteiger partial charge on any atom is 0.229 e. The van der Waals surface area contributed by atoms with Crippen LogP contribution in [-0.2, 0) is 9.59 Å². The van der Waals surface area contributed by atoms with Crippen LogP contribution in [0.15, 0.2) is 24.3 Å². The second kappa shape index (κ2) is 5.44. The summed E-state index contributed by atoms with van der Waals surface area (Å²) in [6.45, 7) is 0.551. The van der Waals surface area contributed by atoms with E-state index in [-0.39, 0.29) is 17.7 Å². The number of carbonyl (C=O) groups excluding carboxylic acids is 2. The van der Waals surface area contributed by atoms with Crippen molar-refractivity contribution in [3.63, 3.8) is 0 Å². The number of rotatable bonds is 3. The molecule has 3 rings (SSSR count). The van der Waals surface area contributed by atoms with Crippen molar-refractivity contribution >= 4 is 29.1 Å². The molecule has 106 valence electrons. The number of halogens is 1. The highest BCUT2D eigenvalue weighted by Crippen LogP contribution is 2.31. The van der Waals surface area contributed by atoms with Gasteiger partial charge in [0.05, 0.1) is 5.92 Å². The van der Waals surface area contributed by atoms with Crippen molar-refractivity contribution in [1.29, 1.82) is 0 Å². The zero-order chi connectivity index (χ0) is 14.1. The molecule has 1 atom stereocenters. The molecule has 1 saturated carbocycles. The second-order valence-corrected chi connectivity index (χ2v) is 5.97. The van der Waals surface area contributed by atoms with Crippen molar-refractivity contribution in [1.82, 2.24) is 4.90 Å². The molecule has 0 radical (unpaired) electrons. The number of likely N-dealkylation sites (tertiary alicyclic amines) is 1. The van der Waals surface area contributed by atoms with E-state index in [1.807, 2.05) is 4.90 Å². The first-order valence-corrected chi connectivity index (χ1v) is 7.37. The monoisotopic (exact) mass is 292 g/mol. The average Bonchev–Trinajstić information content (AvgIpc) is 2.70. The summed E-state index contributed by atoms with van der Waals surface area (Å²) < 4.78 is 0. The maximum absolute atomic E-state index is 12.2. The minimum absolute atomic E-state index is 0.0950. The fourth-order valence-corrected chi connectivity index (χ4v) is 2.96. The molecule has 2 amide bonds. The van der Waals surface area contributed by atoms with Crippen LogP contribution in [0.2, 0.25) is 5.02 Å². The molecule has 1 heterocycles. The van der Waals surface area contributed by atoms with Crippen LogP contribution < -0.4 is 5.32 Å². The van der Waals surface area contributed by atoms with Gasteiger partial charge in [0.25, 0.3) is 0 Å². The van der Waals surface area contributed by atoms with E-state index in [0.29, 0.717) is 29.7 Å². The Bertz CT molecular complexity index is 542. The fourth-order valence-electron chi connectivity index (χ4n) is 2.77. The van der Waals surface area contributed by atoms with Crippen LogP contribution in [0.3, 0.4) is 0 Å². The number of anilines is 1. The van der Waals surface area contributed by atoms with Crippen LogP contribution in [0, 0.1) is 5.92 Å². The van der Waals surface area contributed by atoms with E-state index in [9.17, 15) is 9.59 Å². The first-order chi connectivity index (χ1) is 9.63. The van der Waals surface area contributed by atoms with E-state index in [1.54, 1.807) is 24.3 Å². The van der Waals surface area contributed by atoms with Gasteiger partial charge in [0.15, 0.2) is 0 Å². The summed E-state index contributed by atoms with van der Waals surface area (Å²) in [4.78, 5) is 26.0. The molecule has 4 nitrogen and oxygen atoms in total. The molecule has 1 unspecified atom stereocenters. The maximum atomic E-state index is 12.2. The summed E-state index contributed by atoms with van der Waals surface area (Å²) in [5, 5.41) is 3.42. The van der Waals surface area contributed by atoms with Gasteiger partial charge in [-0.05, 0) is 37.5 Å². The lowest BCUT2D eigenvalue weighted by Crippen LogP contribution is -2.41. The van der Waals surface area contributed by atoms with Crippen LogP contribution in [0.25, 0.3) is 0 Å². The van der Waals surface area contributed by atoms with E-state index >= 15 is 0 Å². The molecule has 2 aliphatic rings. The topological polar surface area (TPSA) is 49.4 Å². The van der Waals surface area contributed by atoms with Gasteiger partial charge < -0.3 is 10.2 Å². The lowest BCUT2D eigenvalue weighted by molar-refractivity contribution is -0.131. The molecule has 5 heteroatoms. The summed E-state index contributed by atoms with van der Waals surface area (Å²) in [7, 11) is 0. The molecular weight excluding hydrogens is 276 g/mol. The van der Waals surface area contributed by atoms with Gasteiger partial charge in [0.1, 0.15) is 0 Å². The highest BCUT2D eigenvalue weighted by Gasteiger charge is 2.39. The summed E-state index contributed by atoms with van der Waals surface area (Å²) in [5.74, 6) is -0.231. The average molecular weight is 293 g/mol. The van der Waals surface area contributed by atoms with Gasteiger partial charge >= 0.3 is 0 Å². The lowest BCUT2D eigenvalue weighted by Gasteiger charge is -2.34. The van der Waals surface area contributed by atoms with Gasteiger partial charge in [-0.15, -0.1) is 0 Å². The number of hydrogen-bond donors (Lipinski definition) is 1. The van der Waals surface area contributed by atoms with E-state index in [4.69, 9.17) is 11.6 Å². The SMILES string of the molecule is O=C(Nc1cccc(Cl)c1)C1CC(=O)N(C2CCC2)C1. The van der Waals surface area contributed by atoms with Crippen LogP contribution in [0.1, 0.15) is 25.7 Å². The standard InChI is InChI=1S/C15H17ClN2O2/c16-11-3-1-4-12(8-11)17-15(20)10-7-14(19)18(9-10)13-5-2-6-13/h1,3-4,8,10,13H,2,5-7,9H2,(H,17,20). The number of nitrogens with one attached hydrogen (secondary N) is 1. The largest absolute Gasteiger partial charge is 0.339 e. The second-order valence-electron chi connectivity index (χ2n) is 5.53. The highest BCUT2D eigenvalue weighted by atomic mass is 35.5. The van der Waals surface area contributed by atoms with E-state index < -0.39 is 0 Å². The van der Waals surface area contributed by atoms with Crippen molar-refractivity contribution < 1.29 is 9.59 Å². The molecule has 1 aliphatic carbocycles. The number of benzene rings is 1. The smallest absolute Gasteiger partial charge is 0.229 e. The first kappa shape index (κ1) is 13.4. The third-order valence-electron chi connectivity index (χ3n) is 4.14. The number of amides is 2.